The average Bonchev–Trinajstić information content (AvgIpc) is 2.26. The van der Waals surface area contributed by atoms with Crippen LogP contribution >= 0.6 is 0 Å². The highest BCUT2D eigenvalue weighted by Crippen LogP contribution is 2.23. The summed E-state index contributed by atoms with van der Waals surface area (Å²) in [7, 11) is 3.87. The van der Waals surface area contributed by atoms with Gasteiger partial charge in [-0.1, -0.05) is 30.3 Å². The molecule has 1 rings (SSSR count). The second-order valence-electron chi connectivity index (χ2n) is 3.97. The molecule has 0 bridgehead atoms. The van der Waals surface area contributed by atoms with Crippen LogP contribution in [0.15, 0.2) is 30.3 Å². The quantitative estimate of drug-likeness (QED) is 0.844. The van der Waals surface area contributed by atoms with Gasteiger partial charge in [0, 0.05) is 6.04 Å². The molecule has 1 amide bonds. The zero-order valence-electron chi connectivity index (χ0n) is 9.88. The van der Waals surface area contributed by atoms with E-state index in [1.165, 1.54) is 0 Å². The smallest absolute Gasteiger partial charge is 0.405 e. The largest absolute Gasteiger partial charge is 0.440 e. The van der Waals surface area contributed by atoms with Crippen molar-refractivity contribution >= 4 is 6.09 Å². The first-order valence-corrected chi connectivity index (χ1v) is 5.20. The maximum atomic E-state index is 10.9. The standard InChI is InChI=1S/C12H18N2O2/c1-9(14(2)3)11(16-12(13)15)10-7-5-4-6-8-10/h4-9,11H,1-3H3,(H2,13,15). The third-order valence-electron chi connectivity index (χ3n) is 2.62. The van der Waals surface area contributed by atoms with Crippen LogP contribution < -0.4 is 5.73 Å². The summed E-state index contributed by atoms with van der Waals surface area (Å²) in [6, 6.07) is 9.66. The number of rotatable bonds is 4. The molecule has 2 N–H and O–H groups in total. The lowest BCUT2D eigenvalue weighted by Gasteiger charge is -2.28. The molecule has 0 heterocycles. The minimum atomic E-state index is -0.748. The van der Waals surface area contributed by atoms with Crippen LogP contribution in [-0.2, 0) is 4.74 Å². The molecule has 4 nitrogen and oxygen atoms in total. The Bertz CT molecular complexity index is 338. The maximum Gasteiger partial charge on any atom is 0.405 e. The molecule has 0 fully saturated rings. The zero-order chi connectivity index (χ0) is 12.1. The van der Waals surface area contributed by atoms with Crippen LogP contribution in [0, 0.1) is 0 Å². The fourth-order valence-corrected chi connectivity index (χ4v) is 1.48. The second-order valence-corrected chi connectivity index (χ2v) is 3.97. The number of primary amides is 1. The van der Waals surface area contributed by atoms with E-state index in [0.29, 0.717) is 0 Å². The summed E-state index contributed by atoms with van der Waals surface area (Å²) in [6.45, 7) is 1.99. The number of nitrogens with two attached hydrogens (primary N) is 1. The molecule has 0 saturated carbocycles. The molecule has 2 unspecified atom stereocenters. The fraction of sp³-hybridized carbons (Fsp3) is 0.417. The Morgan fingerprint density at radius 1 is 1.31 bits per heavy atom. The number of nitrogens with zero attached hydrogens (tertiary/aromatic N) is 1. The summed E-state index contributed by atoms with van der Waals surface area (Å²) in [6.07, 6.45) is -1.09. The molecule has 0 saturated heterocycles. The van der Waals surface area contributed by atoms with Gasteiger partial charge in [-0.05, 0) is 26.6 Å². The summed E-state index contributed by atoms with van der Waals surface area (Å²) in [5, 5.41) is 0. The first-order valence-electron chi connectivity index (χ1n) is 5.20. The number of hydrogen-bond acceptors (Lipinski definition) is 3. The number of ether oxygens (including phenoxy) is 1. The first kappa shape index (κ1) is 12.5. The Kier molecular flexibility index (Phi) is 4.31. The van der Waals surface area contributed by atoms with Crippen LogP contribution in [0.3, 0.4) is 0 Å². The number of amides is 1. The van der Waals surface area contributed by atoms with Crippen LogP contribution in [0.1, 0.15) is 18.6 Å². The lowest BCUT2D eigenvalue weighted by molar-refractivity contribution is 0.0556. The minimum absolute atomic E-state index is 0.0647. The van der Waals surface area contributed by atoms with Crippen LogP contribution in [0.5, 0.6) is 0 Å². The molecule has 0 aliphatic rings. The SMILES string of the molecule is CC(C(OC(N)=O)c1ccccc1)N(C)C. The highest BCUT2D eigenvalue weighted by molar-refractivity contribution is 5.65. The number of carbonyl (C=O) groups excluding carboxylic acids is 1. The molecular weight excluding hydrogens is 204 g/mol. The third kappa shape index (κ3) is 3.24. The predicted molar refractivity (Wildman–Crippen MR) is 63.0 cm³/mol. The van der Waals surface area contributed by atoms with Gasteiger partial charge in [0.15, 0.2) is 0 Å². The molecule has 16 heavy (non-hydrogen) atoms. The molecule has 0 aliphatic carbocycles. The van der Waals surface area contributed by atoms with E-state index in [2.05, 4.69) is 0 Å². The molecule has 1 aromatic rings. The number of hydrogen-bond donors (Lipinski definition) is 1. The number of carbonyl (C=O) groups is 1. The number of likely N-dealkylation sites (N-methyl/N-ethyl adjacent to an activating group) is 1. The average molecular weight is 222 g/mol. The summed E-state index contributed by atoms with van der Waals surface area (Å²) >= 11 is 0. The van der Waals surface area contributed by atoms with Crippen LogP contribution in [-0.4, -0.2) is 31.1 Å². The highest BCUT2D eigenvalue weighted by atomic mass is 16.6. The number of benzene rings is 1. The third-order valence-corrected chi connectivity index (χ3v) is 2.62. The monoisotopic (exact) mass is 222 g/mol. The Balaban J connectivity index is 2.91. The van der Waals surface area contributed by atoms with E-state index in [1.807, 2.05) is 56.3 Å². The minimum Gasteiger partial charge on any atom is -0.440 e. The Labute approximate surface area is 96.0 Å². The van der Waals surface area contributed by atoms with Gasteiger partial charge >= 0.3 is 6.09 Å². The van der Waals surface area contributed by atoms with Gasteiger partial charge in [0.05, 0.1) is 0 Å². The fourth-order valence-electron chi connectivity index (χ4n) is 1.48. The van der Waals surface area contributed by atoms with E-state index in [9.17, 15) is 4.79 Å². The predicted octanol–water partition coefficient (Wildman–Crippen LogP) is 1.77. The molecule has 1 aromatic carbocycles. The van der Waals surface area contributed by atoms with Crippen molar-refractivity contribution in [3.8, 4) is 0 Å². The van der Waals surface area contributed by atoms with Crippen LogP contribution in [0.4, 0.5) is 4.79 Å². The molecular formula is C12H18N2O2. The Hall–Kier alpha value is -1.55. The van der Waals surface area contributed by atoms with Gasteiger partial charge in [0.25, 0.3) is 0 Å². The van der Waals surface area contributed by atoms with Crippen molar-refractivity contribution in [3.05, 3.63) is 35.9 Å². The van der Waals surface area contributed by atoms with Crippen molar-refractivity contribution in [3.63, 3.8) is 0 Å². The summed E-state index contributed by atoms with van der Waals surface area (Å²) in [4.78, 5) is 12.9. The van der Waals surface area contributed by atoms with Crippen LogP contribution in [0.2, 0.25) is 0 Å². The highest BCUT2D eigenvalue weighted by Gasteiger charge is 2.23. The molecule has 88 valence electrons. The van der Waals surface area contributed by atoms with E-state index < -0.39 is 6.09 Å². The van der Waals surface area contributed by atoms with E-state index in [4.69, 9.17) is 10.5 Å². The van der Waals surface area contributed by atoms with Gasteiger partial charge in [0.2, 0.25) is 0 Å². The van der Waals surface area contributed by atoms with Gasteiger partial charge in [-0.2, -0.15) is 0 Å². The van der Waals surface area contributed by atoms with Crippen LogP contribution in [0.25, 0.3) is 0 Å². The van der Waals surface area contributed by atoms with Crippen molar-refractivity contribution in [1.82, 2.24) is 4.90 Å². The van der Waals surface area contributed by atoms with E-state index in [-0.39, 0.29) is 12.1 Å². The normalized spacial score (nSPS) is 14.5. The van der Waals surface area contributed by atoms with Crippen molar-refractivity contribution in [2.45, 2.75) is 19.1 Å². The van der Waals surface area contributed by atoms with E-state index in [1.54, 1.807) is 0 Å². The molecule has 0 radical (unpaired) electrons. The van der Waals surface area contributed by atoms with Crippen molar-refractivity contribution in [2.24, 2.45) is 5.73 Å². The van der Waals surface area contributed by atoms with E-state index >= 15 is 0 Å². The van der Waals surface area contributed by atoms with Crippen molar-refractivity contribution in [1.29, 1.82) is 0 Å². The maximum absolute atomic E-state index is 10.9. The molecule has 4 heteroatoms. The molecule has 2 atom stereocenters. The summed E-state index contributed by atoms with van der Waals surface area (Å²) in [5.41, 5.74) is 6.04. The van der Waals surface area contributed by atoms with Gasteiger partial charge < -0.3 is 15.4 Å². The molecule has 0 aliphatic heterocycles. The van der Waals surface area contributed by atoms with Gasteiger partial charge in [-0.3, -0.25) is 0 Å². The molecule has 0 aromatic heterocycles. The van der Waals surface area contributed by atoms with Gasteiger partial charge in [-0.15, -0.1) is 0 Å². The van der Waals surface area contributed by atoms with Crippen molar-refractivity contribution < 1.29 is 9.53 Å². The van der Waals surface area contributed by atoms with Crippen molar-refractivity contribution in [2.75, 3.05) is 14.1 Å². The Morgan fingerprint density at radius 2 is 1.88 bits per heavy atom. The summed E-state index contributed by atoms with van der Waals surface area (Å²) in [5.74, 6) is 0. The van der Waals surface area contributed by atoms with E-state index in [0.717, 1.165) is 5.56 Å². The molecule has 0 spiro atoms. The van der Waals surface area contributed by atoms with Gasteiger partial charge in [0.1, 0.15) is 6.10 Å². The second kappa shape index (κ2) is 5.51. The summed E-state index contributed by atoms with van der Waals surface area (Å²) < 4.78 is 5.16. The first-order chi connectivity index (χ1) is 7.52. The lowest BCUT2D eigenvalue weighted by Crippen LogP contribution is -2.34. The zero-order valence-corrected chi connectivity index (χ0v) is 9.88. The topological polar surface area (TPSA) is 55.6 Å². The Morgan fingerprint density at radius 3 is 2.31 bits per heavy atom. The van der Waals surface area contributed by atoms with Gasteiger partial charge in [-0.25, -0.2) is 4.79 Å². The lowest BCUT2D eigenvalue weighted by atomic mass is 10.0.